The van der Waals surface area contributed by atoms with Crippen molar-refractivity contribution < 1.29 is 9.90 Å². The van der Waals surface area contributed by atoms with Crippen LogP contribution in [0.1, 0.15) is 36.2 Å². The van der Waals surface area contributed by atoms with Gasteiger partial charge in [0.2, 0.25) is 0 Å². The number of aliphatic hydroxyl groups is 1. The predicted molar refractivity (Wildman–Crippen MR) is 71.5 cm³/mol. The average molecular weight is 247 g/mol. The molecule has 18 heavy (non-hydrogen) atoms. The Balaban J connectivity index is 2.26. The zero-order valence-electron chi connectivity index (χ0n) is 11.1. The van der Waals surface area contributed by atoms with Gasteiger partial charge in [-0.1, -0.05) is 32.0 Å². The molecule has 0 bridgehead atoms. The van der Waals surface area contributed by atoms with E-state index in [0.717, 1.165) is 30.5 Å². The van der Waals surface area contributed by atoms with Crippen molar-refractivity contribution in [3.63, 3.8) is 0 Å². The van der Waals surface area contributed by atoms with E-state index in [2.05, 4.69) is 13.8 Å². The van der Waals surface area contributed by atoms with Gasteiger partial charge in [-0.2, -0.15) is 0 Å². The minimum atomic E-state index is -0.0255. The maximum absolute atomic E-state index is 12.6. The molecule has 2 rings (SSSR count). The monoisotopic (exact) mass is 247 g/mol. The molecule has 3 nitrogen and oxygen atoms in total. The third-order valence-electron chi connectivity index (χ3n) is 3.96. The number of hydrogen-bond acceptors (Lipinski definition) is 2. The van der Waals surface area contributed by atoms with Crippen LogP contribution >= 0.6 is 0 Å². The molecule has 98 valence electrons. The van der Waals surface area contributed by atoms with Crippen molar-refractivity contribution in [3.8, 4) is 0 Å². The zero-order valence-corrected chi connectivity index (χ0v) is 11.1. The summed E-state index contributed by atoms with van der Waals surface area (Å²) in [5.74, 6) is 0.448. The molecule has 0 radical (unpaired) electrons. The van der Waals surface area contributed by atoms with Gasteiger partial charge in [0.05, 0.1) is 12.6 Å². The number of nitrogens with zero attached hydrogens (tertiary/aromatic N) is 1. The first kappa shape index (κ1) is 13.1. The summed E-state index contributed by atoms with van der Waals surface area (Å²) in [6, 6.07) is 7.73. The summed E-state index contributed by atoms with van der Waals surface area (Å²) in [5.41, 5.74) is 1.87. The van der Waals surface area contributed by atoms with Crippen LogP contribution in [0.25, 0.3) is 0 Å². The Kier molecular flexibility index (Phi) is 4.02. The minimum absolute atomic E-state index is 0.0255. The van der Waals surface area contributed by atoms with Crippen LogP contribution in [0.3, 0.4) is 0 Å². The van der Waals surface area contributed by atoms with Gasteiger partial charge in [-0.25, -0.2) is 0 Å². The Morgan fingerprint density at radius 1 is 1.44 bits per heavy atom. The standard InChI is InChI=1S/C15H21NO2/c1-3-12-6-4-5-7-13(12)15(18)16-9-8-11(2)14(16)10-17/h4-7,11,14,17H,3,8-10H2,1-2H3. The van der Waals surface area contributed by atoms with E-state index in [9.17, 15) is 9.90 Å². The SMILES string of the molecule is CCc1ccccc1C(=O)N1CCC(C)C1CO. The highest BCUT2D eigenvalue weighted by molar-refractivity contribution is 5.96. The second-order valence-corrected chi connectivity index (χ2v) is 5.03. The zero-order chi connectivity index (χ0) is 13.1. The number of carbonyl (C=O) groups excluding carboxylic acids is 1. The number of carbonyl (C=O) groups is 1. The Morgan fingerprint density at radius 2 is 2.17 bits per heavy atom. The van der Waals surface area contributed by atoms with Gasteiger partial charge in [-0.05, 0) is 30.4 Å². The third-order valence-corrected chi connectivity index (χ3v) is 3.96. The van der Waals surface area contributed by atoms with Gasteiger partial charge in [0.25, 0.3) is 5.91 Å². The number of rotatable bonds is 3. The molecule has 1 amide bonds. The van der Waals surface area contributed by atoms with Crippen molar-refractivity contribution in [3.05, 3.63) is 35.4 Å². The third kappa shape index (κ3) is 2.27. The van der Waals surface area contributed by atoms with Crippen LogP contribution in [0.15, 0.2) is 24.3 Å². The predicted octanol–water partition coefficient (Wildman–Crippen LogP) is 2.09. The van der Waals surface area contributed by atoms with Crippen molar-refractivity contribution in [2.24, 2.45) is 5.92 Å². The summed E-state index contributed by atoms with van der Waals surface area (Å²) in [5, 5.41) is 9.44. The molecular weight excluding hydrogens is 226 g/mol. The van der Waals surface area contributed by atoms with E-state index in [4.69, 9.17) is 0 Å². The van der Waals surface area contributed by atoms with E-state index in [1.165, 1.54) is 0 Å². The molecule has 0 saturated carbocycles. The van der Waals surface area contributed by atoms with Crippen molar-refractivity contribution in [2.75, 3.05) is 13.2 Å². The fourth-order valence-corrected chi connectivity index (χ4v) is 2.73. The van der Waals surface area contributed by atoms with Crippen LogP contribution < -0.4 is 0 Å². The number of aliphatic hydroxyl groups excluding tert-OH is 1. The molecular formula is C15H21NO2. The highest BCUT2D eigenvalue weighted by atomic mass is 16.3. The lowest BCUT2D eigenvalue weighted by Gasteiger charge is -2.26. The van der Waals surface area contributed by atoms with Crippen molar-refractivity contribution in [1.29, 1.82) is 0 Å². The van der Waals surface area contributed by atoms with E-state index in [1.807, 2.05) is 29.2 Å². The Hall–Kier alpha value is -1.35. The molecule has 1 aliphatic rings. The van der Waals surface area contributed by atoms with Crippen molar-refractivity contribution in [1.82, 2.24) is 4.90 Å². The molecule has 0 aliphatic carbocycles. The van der Waals surface area contributed by atoms with E-state index in [0.29, 0.717) is 5.92 Å². The van der Waals surface area contributed by atoms with Gasteiger partial charge in [-0.15, -0.1) is 0 Å². The van der Waals surface area contributed by atoms with E-state index in [-0.39, 0.29) is 18.6 Å². The van der Waals surface area contributed by atoms with Gasteiger partial charge >= 0.3 is 0 Å². The van der Waals surface area contributed by atoms with E-state index in [1.54, 1.807) is 0 Å². The molecule has 0 spiro atoms. The Labute approximate surface area is 108 Å². The Bertz CT molecular complexity index is 430. The molecule has 1 N–H and O–H groups in total. The average Bonchev–Trinajstić information content (AvgIpc) is 2.78. The molecule has 1 aromatic rings. The second kappa shape index (κ2) is 5.53. The molecule has 1 saturated heterocycles. The summed E-state index contributed by atoms with van der Waals surface area (Å²) in [6.45, 7) is 4.96. The fourth-order valence-electron chi connectivity index (χ4n) is 2.73. The second-order valence-electron chi connectivity index (χ2n) is 5.03. The molecule has 1 fully saturated rings. The lowest BCUT2D eigenvalue weighted by molar-refractivity contribution is 0.0647. The fraction of sp³-hybridized carbons (Fsp3) is 0.533. The van der Waals surface area contributed by atoms with Crippen LogP contribution in [0.5, 0.6) is 0 Å². The number of amides is 1. The van der Waals surface area contributed by atoms with E-state index >= 15 is 0 Å². The lowest BCUT2D eigenvalue weighted by Crippen LogP contribution is -2.40. The first-order valence-electron chi connectivity index (χ1n) is 6.68. The first-order valence-corrected chi connectivity index (χ1v) is 6.68. The molecule has 1 heterocycles. The van der Waals surface area contributed by atoms with Crippen LogP contribution in [-0.4, -0.2) is 35.1 Å². The molecule has 2 atom stereocenters. The number of likely N-dealkylation sites (tertiary alicyclic amines) is 1. The maximum atomic E-state index is 12.6. The van der Waals surface area contributed by atoms with Crippen molar-refractivity contribution >= 4 is 5.91 Å². The van der Waals surface area contributed by atoms with Crippen LogP contribution in [0.2, 0.25) is 0 Å². The molecule has 2 unspecified atom stereocenters. The smallest absolute Gasteiger partial charge is 0.254 e. The van der Waals surface area contributed by atoms with Gasteiger partial charge < -0.3 is 10.0 Å². The number of aryl methyl sites for hydroxylation is 1. The summed E-state index contributed by atoms with van der Waals surface area (Å²) >= 11 is 0. The van der Waals surface area contributed by atoms with Gasteiger partial charge in [0, 0.05) is 12.1 Å². The molecule has 1 aromatic carbocycles. The number of benzene rings is 1. The summed E-state index contributed by atoms with van der Waals surface area (Å²) in [4.78, 5) is 14.4. The highest BCUT2D eigenvalue weighted by Gasteiger charge is 2.34. The lowest BCUT2D eigenvalue weighted by atomic mass is 10.0. The van der Waals surface area contributed by atoms with Crippen LogP contribution in [0.4, 0.5) is 0 Å². The molecule has 0 aromatic heterocycles. The maximum Gasteiger partial charge on any atom is 0.254 e. The summed E-state index contributed by atoms with van der Waals surface area (Å²) in [6.07, 6.45) is 1.83. The topological polar surface area (TPSA) is 40.5 Å². The molecule has 3 heteroatoms. The quantitative estimate of drug-likeness (QED) is 0.888. The molecule has 1 aliphatic heterocycles. The summed E-state index contributed by atoms with van der Waals surface area (Å²) in [7, 11) is 0. The number of hydrogen-bond donors (Lipinski definition) is 1. The highest BCUT2D eigenvalue weighted by Crippen LogP contribution is 2.26. The van der Waals surface area contributed by atoms with Gasteiger partial charge in [0.15, 0.2) is 0 Å². The summed E-state index contributed by atoms with van der Waals surface area (Å²) < 4.78 is 0. The van der Waals surface area contributed by atoms with Crippen molar-refractivity contribution in [2.45, 2.75) is 32.7 Å². The van der Waals surface area contributed by atoms with E-state index < -0.39 is 0 Å². The van der Waals surface area contributed by atoms with Crippen LogP contribution in [-0.2, 0) is 6.42 Å². The normalized spacial score (nSPS) is 23.4. The van der Waals surface area contributed by atoms with Gasteiger partial charge in [-0.3, -0.25) is 4.79 Å². The minimum Gasteiger partial charge on any atom is -0.394 e. The van der Waals surface area contributed by atoms with Crippen LogP contribution in [0, 0.1) is 5.92 Å². The van der Waals surface area contributed by atoms with Gasteiger partial charge in [0.1, 0.15) is 0 Å². The Morgan fingerprint density at radius 3 is 2.83 bits per heavy atom. The first-order chi connectivity index (χ1) is 8.69. The largest absolute Gasteiger partial charge is 0.394 e.